The van der Waals surface area contributed by atoms with E-state index in [2.05, 4.69) is 15.3 Å². The average Bonchev–Trinajstić information content (AvgIpc) is 2.73. The molecule has 0 fully saturated rings. The smallest absolute Gasteiger partial charge is 0.230 e. The normalized spacial score (nSPS) is 10.6. The summed E-state index contributed by atoms with van der Waals surface area (Å²) in [6, 6.07) is 17.1. The second kappa shape index (κ2) is 10.3. The Balaban J connectivity index is 1.53. The van der Waals surface area contributed by atoms with Crippen molar-refractivity contribution in [2.75, 3.05) is 19.4 Å². The van der Waals surface area contributed by atoms with Crippen LogP contribution in [0.4, 0.5) is 0 Å². The van der Waals surface area contributed by atoms with Crippen LogP contribution >= 0.6 is 23.4 Å². The van der Waals surface area contributed by atoms with Crippen LogP contribution in [-0.4, -0.2) is 35.3 Å². The summed E-state index contributed by atoms with van der Waals surface area (Å²) in [5, 5.41) is 4.43. The molecule has 29 heavy (non-hydrogen) atoms. The van der Waals surface area contributed by atoms with Gasteiger partial charge in [-0.05, 0) is 61.4 Å². The highest BCUT2D eigenvalue weighted by atomic mass is 35.5. The molecule has 0 saturated heterocycles. The summed E-state index contributed by atoms with van der Waals surface area (Å²) in [6.45, 7) is 2.51. The van der Waals surface area contributed by atoms with Gasteiger partial charge in [0.15, 0.2) is 5.82 Å². The van der Waals surface area contributed by atoms with Gasteiger partial charge < -0.3 is 10.1 Å². The van der Waals surface area contributed by atoms with E-state index >= 15 is 0 Å². The van der Waals surface area contributed by atoms with Gasteiger partial charge in [0.2, 0.25) is 5.91 Å². The number of hydrogen-bond donors (Lipinski definition) is 1. The minimum atomic E-state index is -0.0220. The van der Waals surface area contributed by atoms with Gasteiger partial charge >= 0.3 is 0 Å². The average molecular weight is 428 g/mol. The van der Waals surface area contributed by atoms with Gasteiger partial charge in [0, 0.05) is 22.8 Å². The van der Waals surface area contributed by atoms with Crippen molar-refractivity contribution >= 4 is 29.3 Å². The predicted octanol–water partition coefficient (Wildman–Crippen LogP) is 4.57. The zero-order valence-corrected chi connectivity index (χ0v) is 17.9. The summed E-state index contributed by atoms with van der Waals surface area (Å²) in [5.41, 5.74) is 2.90. The van der Waals surface area contributed by atoms with E-state index in [1.165, 1.54) is 11.8 Å². The third kappa shape index (κ3) is 6.48. The van der Waals surface area contributed by atoms with Crippen molar-refractivity contribution in [1.29, 1.82) is 0 Å². The molecule has 0 unspecified atom stereocenters. The molecule has 3 rings (SSSR count). The Bertz CT molecular complexity index is 963. The highest BCUT2D eigenvalue weighted by Gasteiger charge is 2.08. The van der Waals surface area contributed by atoms with Crippen LogP contribution < -0.4 is 10.1 Å². The van der Waals surface area contributed by atoms with Crippen molar-refractivity contribution in [3.63, 3.8) is 0 Å². The highest BCUT2D eigenvalue weighted by Crippen LogP contribution is 2.23. The number of carbonyl (C=O) groups excluding carboxylic acids is 1. The maximum Gasteiger partial charge on any atom is 0.230 e. The highest BCUT2D eigenvalue weighted by molar-refractivity contribution is 7.99. The van der Waals surface area contributed by atoms with Crippen LogP contribution in [-0.2, 0) is 11.2 Å². The molecule has 0 atom stereocenters. The van der Waals surface area contributed by atoms with Crippen molar-refractivity contribution in [1.82, 2.24) is 15.3 Å². The number of benzene rings is 2. The molecule has 2 aromatic carbocycles. The molecule has 0 aliphatic carbocycles. The van der Waals surface area contributed by atoms with Crippen LogP contribution in [0.25, 0.3) is 11.4 Å². The lowest BCUT2D eigenvalue weighted by molar-refractivity contribution is -0.118. The Morgan fingerprint density at radius 2 is 1.83 bits per heavy atom. The number of amides is 1. The fraction of sp³-hybridized carbons (Fsp3) is 0.227. The molecule has 0 spiro atoms. The molecular weight excluding hydrogens is 406 g/mol. The van der Waals surface area contributed by atoms with E-state index in [-0.39, 0.29) is 5.91 Å². The number of ether oxygens (including phenoxy) is 1. The van der Waals surface area contributed by atoms with Gasteiger partial charge in [-0.25, -0.2) is 9.97 Å². The number of rotatable bonds is 8. The van der Waals surface area contributed by atoms with Crippen LogP contribution in [0, 0.1) is 6.92 Å². The Morgan fingerprint density at radius 1 is 1.10 bits per heavy atom. The number of nitrogens with zero attached hydrogens (tertiary/aromatic N) is 2. The van der Waals surface area contributed by atoms with Gasteiger partial charge in [-0.2, -0.15) is 0 Å². The van der Waals surface area contributed by atoms with E-state index in [4.69, 9.17) is 16.3 Å². The van der Waals surface area contributed by atoms with Crippen LogP contribution in [0.3, 0.4) is 0 Å². The van der Waals surface area contributed by atoms with Crippen LogP contribution in [0.1, 0.15) is 11.3 Å². The molecule has 0 radical (unpaired) electrons. The fourth-order valence-corrected chi connectivity index (χ4v) is 3.58. The zero-order chi connectivity index (χ0) is 20.6. The number of hydrogen-bond acceptors (Lipinski definition) is 5. The molecule has 7 heteroatoms. The first kappa shape index (κ1) is 21.1. The zero-order valence-electron chi connectivity index (χ0n) is 16.3. The maximum absolute atomic E-state index is 12.2. The van der Waals surface area contributed by atoms with Crippen LogP contribution in [0.2, 0.25) is 5.02 Å². The topological polar surface area (TPSA) is 64.1 Å². The Hall–Kier alpha value is -2.57. The van der Waals surface area contributed by atoms with E-state index in [0.717, 1.165) is 34.0 Å². The van der Waals surface area contributed by atoms with Gasteiger partial charge in [-0.15, -0.1) is 0 Å². The molecule has 1 amide bonds. The number of thioether (sulfide) groups is 1. The maximum atomic E-state index is 12.2. The number of methoxy groups -OCH3 is 1. The van der Waals surface area contributed by atoms with Gasteiger partial charge in [0.05, 0.1) is 12.9 Å². The van der Waals surface area contributed by atoms with E-state index in [1.54, 1.807) is 7.11 Å². The minimum absolute atomic E-state index is 0.0220. The number of carbonyl (C=O) groups is 1. The fourth-order valence-electron chi connectivity index (χ4n) is 2.67. The molecule has 150 valence electrons. The summed E-state index contributed by atoms with van der Waals surface area (Å²) < 4.78 is 5.19. The largest absolute Gasteiger partial charge is 0.497 e. The summed E-state index contributed by atoms with van der Waals surface area (Å²) in [7, 11) is 1.63. The molecule has 0 aliphatic rings. The van der Waals surface area contributed by atoms with Gasteiger partial charge in [-0.3, -0.25) is 4.79 Å². The number of aromatic nitrogens is 2. The minimum Gasteiger partial charge on any atom is -0.497 e. The van der Waals surface area contributed by atoms with E-state index in [0.29, 0.717) is 23.1 Å². The van der Waals surface area contributed by atoms with E-state index in [1.807, 2.05) is 61.5 Å². The summed E-state index contributed by atoms with van der Waals surface area (Å²) in [6.07, 6.45) is 0.766. The molecule has 3 aromatic rings. The molecule has 0 saturated carbocycles. The first-order valence-corrected chi connectivity index (χ1v) is 10.5. The number of halogens is 1. The van der Waals surface area contributed by atoms with Crippen LogP contribution in [0.5, 0.6) is 5.75 Å². The molecule has 1 aromatic heterocycles. The summed E-state index contributed by atoms with van der Waals surface area (Å²) in [5.74, 6) is 1.70. The quantitative estimate of drug-likeness (QED) is 0.421. The lowest BCUT2D eigenvalue weighted by Crippen LogP contribution is -2.27. The van der Waals surface area contributed by atoms with Crippen molar-refractivity contribution in [3.05, 3.63) is 70.9 Å². The Labute approximate surface area is 179 Å². The molecule has 1 N–H and O–H groups in total. The molecule has 0 bridgehead atoms. The molecule has 1 heterocycles. The third-order valence-corrected chi connectivity index (χ3v) is 5.34. The van der Waals surface area contributed by atoms with E-state index in [9.17, 15) is 4.79 Å². The van der Waals surface area contributed by atoms with Gasteiger partial charge in [0.25, 0.3) is 0 Å². The lowest BCUT2D eigenvalue weighted by Gasteiger charge is -2.08. The second-order valence-corrected chi connectivity index (χ2v) is 7.85. The lowest BCUT2D eigenvalue weighted by atomic mass is 10.1. The van der Waals surface area contributed by atoms with Crippen molar-refractivity contribution < 1.29 is 9.53 Å². The monoisotopic (exact) mass is 427 g/mol. The van der Waals surface area contributed by atoms with Gasteiger partial charge in [0.1, 0.15) is 10.8 Å². The predicted molar refractivity (Wildman–Crippen MR) is 118 cm³/mol. The molecule has 0 aliphatic heterocycles. The Morgan fingerprint density at radius 3 is 2.52 bits per heavy atom. The molecule has 5 nitrogen and oxygen atoms in total. The van der Waals surface area contributed by atoms with Crippen molar-refractivity contribution in [2.45, 2.75) is 18.4 Å². The SMILES string of the molecule is COc1ccc(-c2nc(C)cc(SCC(=O)NCCc3ccc(Cl)cc3)n2)cc1. The number of aryl methyl sites for hydroxylation is 1. The first-order valence-electron chi connectivity index (χ1n) is 9.17. The van der Waals surface area contributed by atoms with Gasteiger partial charge in [-0.1, -0.05) is 35.5 Å². The second-order valence-electron chi connectivity index (χ2n) is 6.41. The van der Waals surface area contributed by atoms with Crippen LogP contribution in [0.15, 0.2) is 59.6 Å². The summed E-state index contributed by atoms with van der Waals surface area (Å²) in [4.78, 5) is 21.2. The molecular formula is C22H22ClN3O2S. The summed E-state index contributed by atoms with van der Waals surface area (Å²) >= 11 is 7.28. The third-order valence-electron chi connectivity index (χ3n) is 4.18. The first-order chi connectivity index (χ1) is 14.0. The number of nitrogens with one attached hydrogen (secondary N) is 1. The van der Waals surface area contributed by atoms with Crippen molar-refractivity contribution in [3.8, 4) is 17.1 Å². The van der Waals surface area contributed by atoms with E-state index < -0.39 is 0 Å². The standard InChI is InChI=1S/C22H22ClN3O2S/c1-15-13-21(26-22(25-15)17-5-9-19(28-2)10-6-17)29-14-20(27)24-12-11-16-3-7-18(23)8-4-16/h3-10,13H,11-12,14H2,1-2H3,(H,24,27). The van der Waals surface area contributed by atoms with Crippen molar-refractivity contribution in [2.24, 2.45) is 0 Å². The Kier molecular flexibility index (Phi) is 7.49.